The Labute approximate surface area is 99.5 Å². The molecule has 1 aromatic rings. The number of aliphatic carboxylic acids is 1. The molecule has 16 heavy (non-hydrogen) atoms. The minimum atomic E-state index is -1.21. The second-order valence-electron chi connectivity index (χ2n) is 3.75. The maximum Gasteiger partial charge on any atom is 0.316 e. The molecule has 1 rings (SSSR count). The summed E-state index contributed by atoms with van der Waals surface area (Å²) in [6.07, 6.45) is 0. The van der Waals surface area contributed by atoms with E-state index in [9.17, 15) is 9.90 Å². The highest BCUT2D eigenvalue weighted by atomic mass is 32.2. The zero-order valence-corrected chi connectivity index (χ0v) is 10.3. The number of rotatable bonds is 5. The Balaban J connectivity index is 2.99. The van der Waals surface area contributed by atoms with Crippen molar-refractivity contribution in [1.82, 2.24) is 0 Å². The van der Waals surface area contributed by atoms with E-state index in [4.69, 9.17) is 5.11 Å². The first-order valence-corrected chi connectivity index (χ1v) is 6.10. The summed E-state index contributed by atoms with van der Waals surface area (Å²) in [6.45, 7) is 3.19. The van der Waals surface area contributed by atoms with Gasteiger partial charge in [0.25, 0.3) is 0 Å². The predicted octanol–water partition coefficient (Wildman–Crippen LogP) is 2.13. The normalized spacial score (nSPS) is 14.4. The molecule has 0 aliphatic heterocycles. The van der Waals surface area contributed by atoms with Crippen molar-refractivity contribution in [1.29, 1.82) is 0 Å². The van der Waals surface area contributed by atoms with Gasteiger partial charge in [-0.3, -0.25) is 4.79 Å². The molecular formula is C12H16O3S. The molecule has 4 heteroatoms. The van der Waals surface area contributed by atoms with Crippen LogP contribution in [0.15, 0.2) is 29.2 Å². The zero-order valence-electron chi connectivity index (χ0n) is 9.43. The van der Waals surface area contributed by atoms with Crippen LogP contribution in [0.1, 0.15) is 19.4 Å². The van der Waals surface area contributed by atoms with Crippen molar-refractivity contribution in [3.05, 3.63) is 29.8 Å². The Morgan fingerprint density at radius 2 is 1.94 bits per heavy atom. The van der Waals surface area contributed by atoms with Gasteiger partial charge < -0.3 is 10.2 Å². The third-order valence-electron chi connectivity index (χ3n) is 2.59. The van der Waals surface area contributed by atoms with E-state index in [1.165, 1.54) is 6.92 Å². The fourth-order valence-corrected chi connectivity index (χ4v) is 2.03. The monoisotopic (exact) mass is 240 g/mol. The standard InChI is InChI=1S/C12H16O3S/c1-3-16-10-6-4-9(5-7-10)12(2,8-13)11(14)15/h4-7,13H,3,8H2,1-2H3,(H,14,15). The maximum atomic E-state index is 11.1. The minimum absolute atomic E-state index is 0.400. The van der Waals surface area contributed by atoms with Crippen LogP contribution < -0.4 is 0 Å². The summed E-state index contributed by atoms with van der Waals surface area (Å²) in [5.41, 5.74) is -0.585. The van der Waals surface area contributed by atoms with Crippen molar-refractivity contribution in [2.45, 2.75) is 24.2 Å². The van der Waals surface area contributed by atoms with Crippen LogP contribution in [0, 0.1) is 0 Å². The largest absolute Gasteiger partial charge is 0.481 e. The summed E-state index contributed by atoms with van der Waals surface area (Å²) in [6, 6.07) is 7.31. The molecule has 0 bridgehead atoms. The van der Waals surface area contributed by atoms with E-state index in [2.05, 4.69) is 6.92 Å². The predicted molar refractivity (Wildman–Crippen MR) is 64.9 cm³/mol. The SMILES string of the molecule is CCSc1ccc(C(C)(CO)C(=O)O)cc1. The van der Waals surface area contributed by atoms with Crippen LogP contribution >= 0.6 is 11.8 Å². The van der Waals surface area contributed by atoms with Crippen molar-refractivity contribution in [2.24, 2.45) is 0 Å². The Kier molecular flexibility index (Phi) is 4.38. The van der Waals surface area contributed by atoms with Gasteiger partial charge in [-0.1, -0.05) is 19.1 Å². The van der Waals surface area contributed by atoms with E-state index in [0.29, 0.717) is 5.56 Å². The molecule has 0 amide bonds. The van der Waals surface area contributed by atoms with E-state index in [1.807, 2.05) is 12.1 Å². The lowest BCUT2D eigenvalue weighted by atomic mass is 9.83. The molecule has 88 valence electrons. The number of hydrogen-bond donors (Lipinski definition) is 2. The minimum Gasteiger partial charge on any atom is -0.481 e. The first-order chi connectivity index (χ1) is 7.54. The molecule has 2 N–H and O–H groups in total. The van der Waals surface area contributed by atoms with Gasteiger partial charge in [-0.05, 0) is 30.4 Å². The topological polar surface area (TPSA) is 57.5 Å². The third kappa shape index (κ3) is 2.57. The van der Waals surface area contributed by atoms with Gasteiger partial charge in [-0.2, -0.15) is 0 Å². The van der Waals surface area contributed by atoms with Crippen LogP contribution in [-0.4, -0.2) is 28.5 Å². The van der Waals surface area contributed by atoms with Crippen molar-refractivity contribution in [3.63, 3.8) is 0 Å². The molecule has 1 aromatic carbocycles. The van der Waals surface area contributed by atoms with Crippen LogP contribution in [0.2, 0.25) is 0 Å². The maximum absolute atomic E-state index is 11.1. The van der Waals surface area contributed by atoms with Crippen LogP contribution in [0.5, 0.6) is 0 Å². The number of carboxylic acids is 1. The summed E-state index contributed by atoms with van der Waals surface area (Å²) in [4.78, 5) is 12.2. The average molecular weight is 240 g/mol. The Bertz CT molecular complexity index is 361. The first-order valence-electron chi connectivity index (χ1n) is 5.12. The number of aliphatic hydroxyl groups is 1. The third-order valence-corrected chi connectivity index (χ3v) is 3.48. The van der Waals surface area contributed by atoms with Crippen molar-refractivity contribution in [2.75, 3.05) is 12.4 Å². The zero-order chi connectivity index (χ0) is 12.2. The lowest BCUT2D eigenvalue weighted by Crippen LogP contribution is -2.36. The summed E-state index contributed by atoms with van der Waals surface area (Å²) in [5, 5.41) is 18.3. The molecule has 0 aliphatic rings. The van der Waals surface area contributed by atoms with E-state index in [-0.39, 0.29) is 0 Å². The summed E-state index contributed by atoms with van der Waals surface area (Å²) in [7, 11) is 0. The summed E-state index contributed by atoms with van der Waals surface area (Å²) in [5.74, 6) is -0.0267. The molecule has 0 saturated heterocycles. The Morgan fingerprint density at radius 3 is 2.31 bits per heavy atom. The molecule has 0 aliphatic carbocycles. The van der Waals surface area contributed by atoms with Crippen molar-refractivity contribution >= 4 is 17.7 Å². The molecule has 0 fully saturated rings. The smallest absolute Gasteiger partial charge is 0.316 e. The Morgan fingerprint density at radius 1 is 1.38 bits per heavy atom. The number of hydrogen-bond acceptors (Lipinski definition) is 3. The lowest BCUT2D eigenvalue weighted by molar-refractivity contribution is -0.144. The summed E-state index contributed by atoms with van der Waals surface area (Å²) < 4.78 is 0. The highest BCUT2D eigenvalue weighted by Crippen LogP contribution is 2.26. The van der Waals surface area contributed by atoms with Gasteiger partial charge in [0.15, 0.2) is 0 Å². The van der Waals surface area contributed by atoms with Gasteiger partial charge in [-0.15, -0.1) is 11.8 Å². The number of aliphatic hydroxyl groups excluding tert-OH is 1. The van der Waals surface area contributed by atoms with Gasteiger partial charge in [0.1, 0.15) is 5.41 Å². The fourth-order valence-electron chi connectivity index (χ4n) is 1.37. The molecule has 1 atom stereocenters. The van der Waals surface area contributed by atoms with Gasteiger partial charge in [0.05, 0.1) is 6.61 Å². The van der Waals surface area contributed by atoms with E-state index in [1.54, 1.807) is 23.9 Å². The van der Waals surface area contributed by atoms with E-state index >= 15 is 0 Å². The fraction of sp³-hybridized carbons (Fsp3) is 0.417. The number of carbonyl (C=O) groups is 1. The van der Waals surface area contributed by atoms with E-state index < -0.39 is 18.0 Å². The Hall–Kier alpha value is -1.00. The highest BCUT2D eigenvalue weighted by Gasteiger charge is 2.34. The quantitative estimate of drug-likeness (QED) is 0.774. The molecule has 0 spiro atoms. The van der Waals surface area contributed by atoms with Crippen LogP contribution in [-0.2, 0) is 10.2 Å². The van der Waals surface area contributed by atoms with Gasteiger partial charge in [0.2, 0.25) is 0 Å². The number of benzene rings is 1. The van der Waals surface area contributed by atoms with E-state index in [0.717, 1.165) is 10.6 Å². The second-order valence-corrected chi connectivity index (χ2v) is 5.09. The molecular weight excluding hydrogens is 224 g/mol. The molecule has 0 saturated carbocycles. The van der Waals surface area contributed by atoms with Crippen molar-refractivity contribution in [3.8, 4) is 0 Å². The highest BCUT2D eigenvalue weighted by molar-refractivity contribution is 7.99. The molecule has 3 nitrogen and oxygen atoms in total. The van der Waals surface area contributed by atoms with Crippen LogP contribution in [0.4, 0.5) is 0 Å². The lowest BCUT2D eigenvalue weighted by Gasteiger charge is -2.22. The number of carboxylic acid groups (broad SMARTS) is 1. The molecule has 0 heterocycles. The van der Waals surface area contributed by atoms with Gasteiger partial charge >= 0.3 is 5.97 Å². The van der Waals surface area contributed by atoms with Crippen LogP contribution in [0.25, 0.3) is 0 Å². The molecule has 1 unspecified atom stereocenters. The van der Waals surface area contributed by atoms with Crippen molar-refractivity contribution < 1.29 is 15.0 Å². The van der Waals surface area contributed by atoms with Gasteiger partial charge in [-0.25, -0.2) is 0 Å². The number of thioether (sulfide) groups is 1. The van der Waals surface area contributed by atoms with Crippen LogP contribution in [0.3, 0.4) is 0 Å². The first kappa shape index (κ1) is 13.1. The average Bonchev–Trinajstić information content (AvgIpc) is 2.29. The van der Waals surface area contributed by atoms with Gasteiger partial charge in [0, 0.05) is 4.90 Å². The second kappa shape index (κ2) is 5.37. The molecule has 0 radical (unpaired) electrons. The molecule has 0 aromatic heterocycles. The summed E-state index contributed by atoms with van der Waals surface area (Å²) >= 11 is 1.70.